The van der Waals surface area contributed by atoms with Crippen molar-refractivity contribution >= 4 is 0 Å². The molecule has 1 aliphatic rings. The average molecular weight is 272 g/mol. The molecule has 0 amide bonds. The molecule has 1 aromatic carbocycles. The number of hydrogen-bond acceptors (Lipinski definition) is 2. The summed E-state index contributed by atoms with van der Waals surface area (Å²) in [5.41, 5.74) is 5.76. The van der Waals surface area contributed by atoms with Gasteiger partial charge in [-0.25, -0.2) is 13.2 Å². The molecule has 1 unspecified atom stereocenters. The molecule has 1 aliphatic heterocycles. The lowest BCUT2D eigenvalue weighted by atomic mass is 9.97. The van der Waals surface area contributed by atoms with Crippen molar-refractivity contribution < 1.29 is 13.2 Å². The zero-order valence-electron chi connectivity index (χ0n) is 11.2. The molecule has 0 saturated carbocycles. The third-order valence-corrected chi connectivity index (χ3v) is 3.96. The van der Waals surface area contributed by atoms with Crippen LogP contribution in [-0.4, -0.2) is 23.5 Å². The van der Waals surface area contributed by atoms with Gasteiger partial charge in [0.25, 0.3) is 0 Å². The molecule has 0 aliphatic carbocycles. The molecule has 1 fully saturated rings. The summed E-state index contributed by atoms with van der Waals surface area (Å²) in [5.74, 6) is -2.94. The average Bonchev–Trinajstić information content (AvgIpc) is 2.67. The van der Waals surface area contributed by atoms with E-state index in [4.69, 9.17) is 5.73 Å². The summed E-state index contributed by atoms with van der Waals surface area (Å²) in [5, 5.41) is 0. The van der Waals surface area contributed by atoms with E-state index in [1.54, 1.807) is 0 Å². The Labute approximate surface area is 111 Å². The van der Waals surface area contributed by atoms with Crippen molar-refractivity contribution in [3.05, 3.63) is 35.1 Å². The summed E-state index contributed by atoms with van der Waals surface area (Å²) in [4.78, 5) is 2.07. The van der Waals surface area contributed by atoms with Crippen molar-refractivity contribution in [2.24, 2.45) is 5.73 Å². The van der Waals surface area contributed by atoms with E-state index in [2.05, 4.69) is 18.7 Å². The number of hydrogen-bond donors (Lipinski definition) is 1. The van der Waals surface area contributed by atoms with Crippen LogP contribution in [-0.2, 0) is 0 Å². The SMILES string of the molecule is CC1(C)CCCN1C(CN)c1cc(F)c(F)cc1F. The molecule has 2 rings (SSSR count). The van der Waals surface area contributed by atoms with Gasteiger partial charge in [0.05, 0.1) is 6.04 Å². The zero-order chi connectivity index (χ0) is 14.2. The highest BCUT2D eigenvalue weighted by Crippen LogP contribution is 2.37. The van der Waals surface area contributed by atoms with Gasteiger partial charge >= 0.3 is 0 Å². The standard InChI is InChI=1S/C14H19F3N2/c1-14(2)4-3-5-19(14)13(8-18)9-6-11(16)12(17)7-10(9)15/h6-7,13H,3-5,8,18H2,1-2H3. The summed E-state index contributed by atoms with van der Waals surface area (Å²) >= 11 is 0. The van der Waals surface area contributed by atoms with Gasteiger partial charge in [-0.2, -0.15) is 0 Å². The van der Waals surface area contributed by atoms with Crippen molar-refractivity contribution in [1.82, 2.24) is 4.90 Å². The number of nitrogens with two attached hydrogens (primary N) is 1. The fourth-order valence-electron chi connectivity index (χ4n) is 2.92. The Morgan fingerprint density at radius 3 is 2.37 bits per heavy atom. The van der Waals surface area contributed by atoms with Gasteiger partial charge in [0.2, 0.25) is 0 Å². The Balaban J connectivity index is 2.40. The minimum atomic E-state index is -1.17. The van der Waals surface area contributed by atoms with Crippen LogP contribution in [0.3, 0.4) is 0 Å². The van der Waals surface area contributed by atoms with Crippen LogP contribution in [0.2, 0.25) is 0 Å². The lowest BCUT2D eigenvalue weighted by Gasteiger charge is -2.38. The Kier molecular flexibility index (Phi) is 3.87. The van der Waals surface area contributed by atoms with Crippen molar-refractivity contribution in [1.29, 1.82) is 0 Å². The maximum Gasteiger partial charge on any atom is 0.161 e. The molecule has 1 saturated heterocycles. The minimum Gasteiger partial charge on any atom is -0.329 e. The summed E-state index contributed by atoms with van der Waals surface area (Å²) in [6, 6.07) is 1.10. The van der Waals surface area contributed by atoms with Crippen LogP contribution in [0, 0.1) is 17.5 Å². The topological polar surface area (TPSA) is 29.3 Å². The van der Waals surface area contributed by atoms with Crippen LogP contribution in [0.4, 0.5) is 13.2 Å². The van der Waals surface area contributed by atoms with E-state index in [0.717, 1.165) is 25.5 Å². The smallest absolute Gasteiger partial charge is 0.161 e. The van der Waals surface area contributed by atoms with Gasteiger partial charge in [-0.3, -0.25) is 4.90 Å². The Morgan fingerprint density at radius 2 is 1.84 bits per heavy atom. The van der Waals surface area contributed by atoms with Crippen LogP contribution in [0.1, 0.15) is 38.3 Å². The Hall–Kier alpha value is -1.07. The zero-order valence-corrected chi connectivity index (χ0v) is 11.2. The third-order valence-electron chi connectivity index (χ3n) is 3.96. The molecule has 0 aromatic heterocycles. The van der Waals surface area contributed by atoms with Crippen molar-refractivity contribution in [2.45, 2.75) is 38.3 Å². The molecule has 1 aromatic rings. The molecule has 0 spiro atoms. The second-order valence-electron chi connectivity index (χ2n) is 5.65. The first-order valence-electron chi connectivity index (χ1n) is 6.48. The molecular weight excluding hydrogens is 253 g/mol. The predicted molar refractivity (Wildman–Crippen MR) is 68.1 cm³/mol. The van der Waals surface area contributed by atoms with Gasteiger partial charge < -0.3 is 5.73 Å². The van der Waals surface area contributed by atoms with Crippen LogP contribution in [0.25, 0.3) is 0 Å². The monoisotopic (exact) mass is 272 g/mol. The third kappa shape index (κ3) is 2.62. The Morgan fingerprint density at radius 1 is 1.21 bits per heavy atom. The predicted octanol–water partition coefficient (Wildman–Crippen LogP) is 2.98. The van der Waals surface area contributed by atoms with Gasteiger partial charge in [0.1, 0.15) is 5.82 Å². The van der Waals surface area contributed by atoms with Crippen LogP contribution in [0.15, 0.2) is 12.1 Å². The van der Waals surface area contributed by atoms with E-state index in [0.29, 0.717) is 6.07 Å². The maximum absolute atomic E-state index is 13.9. The van der Waals surface area contributed by atoms with E-state index >= 15 is 0 Å². The molecule has 2 nitrogen and oxygen atoms in total. The van der Waals surface area contributed by atoms with Gasteiger partial charge in [-0.15, -0.1) is 0 Å². The molecule has 0 bridgehead atoms. The van der Waals surface area contributed by atoms with Gasteiger partial charge in [-0.05, 0) is 39.3 Å². The largest absolute Gasteiger partial charge is 0.329 e. The van der Waals surface area contributed by atoms with E-state index in [-0.39, 0.29) is 17.6 Å². The molecule has 0 radical (unpaired) electrons. The van der Waals surface area contributed by atoms with Crippen molar-refractivity contribution in [2.75, 3.05) is 13.1 Å². The first-order valence-corrected chi connectivity index (χ1v) is 6.48. The number of likely N-dealkylation sites (tertiary alicyclic amines) is 1. The van der Waals surface area contributed by atoms with Gasteiger partial charge in [0, 0.05) is 23.7 Å². The molecule has 5 heteroatoms. The molecule has 106 valence electrons. The highest BCUT2D eigenvalue weighted by atomic mass is 19.2. The lowest BCUT2D eigenvalue weighted by Crippen LogP contribution is -2.44. The maximum atomic E-state index is 13.9. The summed E-state index contributed by atoms with van der Waals surface area (Å²) in [6.45, 7) is 5.07. The number of nitrogens with zero attached hydrogens (tertiary/aromatic N) is 1. The van der Waals surface area contributed by atoms with Crippen molar-refractivity contribution in [3.63, 3.8) is 0 Å². The van der Waals surface area contributed by atoms with Gasteiger partial charge in [-0.1, -0.05) is 0 Å². The lowest BCUT2D eigenvalue weighted by molar-refractivity contribution is 0.116. The second kappa shape index (κ2) is 5.13. The summed E-state index contributed by atoms with van der Waals surface area (Å²) in [6.07, 6.45) is 1.98. The first-order chi connectivity index (χ1) is 8.86. The first kappa shape index (κ1) is 14.3. The number of rotatable bonds is 3. The molecular formula is C14H19F3N2. The number of benzene rings is 1. The number of halogens is 3. The summed E-state index contributed by atoms with van der Waals surface area (Å²) < 4.78 is 40.2. The molecule has 19 heavy (non-hydrogen) atoms. The van der Waals surface area contributed by atoms with Crippen molar-refractivity contribution in [3.8, 4) is 0 Å². The van der Waals surface area contributed by atoms with Crippen LogP contribution < -0.4 is 5.73 Å². The molecule has 1 atom stereocenters. The van der Waals surface area contributed by atoms with E-state index in [9.17, 15) is 13.2 Å². The summed E-state index contributed by atoms with van der Waals surface area (Å²) in [7, 11) is 0. The highest BCUT2D eigenvalue weighted by Gasteiger charge is 2.37. The minimum absolute atomic E-state index is 0.110. The van der Waals surface area contributed by atoms with E-state index in [1.807, 2.05) is 0 Å². The molecule has 1 heterocycles. The quantitative estimate of drug-likeness (QED) is 0.857. The second-order valence-corrected chi connectivity index (χ2v) is 5.65. The highest BCUT2D eigenvalue weighted by molar-refractivity contribution is 5.25. The normalized spacial score (nSPS) is 20.7. The molecule has 2 N–H and O–H groups in total. The fraction of sp³-hybridized carbons (Fsp3) is 0.571. The fourth-order valence-corrected chi connectivity index (χ4v) is 2.92. The van der Waals surface area contributed by atoms with Gasteiger partial charge in [0.15, 0.2) is 11.6 Å². The van der Waals surface area contributed by atoms with E-state index in [1.165, 1.54) is 0 Å². The van der Waals surface area contributed by atoms with E-state index < -0.39 is 23.5 Å². The van der Waals surface area contributed by atoms with Crippen LogP contribution >= 0.6 is 0 Å². The van der Waals surface area contributed by atoms with Crippen LogP contribution in [0.5, 0.6) is 0 Å². The Bertz CT molecular complexity index is 474.